The van der Waals surface area contributed by atoms with Crippen molar-refractivity contribution in [2.24, 2.45) is 5.92 Å². The summed E-state index contributed by atoms with van der Waals surface area (Å²) in [7, 11) is 0. The van der Waals surface area contributed by atoms with Crippen molar-refractivity contribution in [3.63, 3.8) is 0 Å². The molecule has 0 bridgehead atoms. The number of nitrogens with zero attached hydrogens (tertiary/aromatic N) is 1. The largest absolute Gasteiger partial charge is 0.394 e. The third kappa shape index (κ3) is 3.71. The highest BCUT2D eigenvalue weighted by Crippen LogP contribution is 2.32. The molecule has 2 fully saturated rings. The van der Waals surface area contributed by atoms with Crippen LogP contribution in [0.4, 0.5) is 0 Å². The predicted molar refractivity (Wildman–Crippen MR) is 77.4 cm³/mol. The quantitative estimate of drug-likeness (QED) is 0.800. The Kier molecular flexibility index (Phi) is 5.41. The Morgan fingerprint density at radius 2 is 2.00 bits per heavy atom. The van der Waals surface area contributed by atoms with Gasteiger partial charge >= 0.3 is 0 Å². The van der Waals surface area contributed by atoms with Crippen molar-refractivity contribution in [1.82, 2.24) is 10.2 Å². The van der Waals surface area contributed by atoms with Crippen LogP contribution in [0.5, 0.6) is 0 Å². The zero-order valence-electron chi connectivity index (χ0n) is 12.7. The van der Waals surface area contributed by atoms with Crippen molar-refractivity contribution in [3.05, 3.63) is 0 Å². The minimum absolute atomic E-state index is 0.112. The third-order valence-electron chi connectivity index (χ3n) is 4.75. The van der Waals surface area contributed by atoms with E-state index in [9.17, 15) is 9.90 Å². The van der Waals surface area contributed by atoms with Crippen LogP contribution in [-0.2, 0) is 9.53 Å². The summed E-state index contributed by atoms with van der Waals surface area (Å²) < 4.78 is 5.28. The molecular formula is C15H28N2O3. The maximum Gasteiger partial charge on any atom is 0.239 e. The number of rotatable bonds is 4. The number of amides is 1. The van der Waals surface area contributed by atoms with E-state index in [4.69, 9.17) is 4.74 Å². The van der Waals surface area contributed by atoms with Crippen LogP contribution in [0.25, 0.3) is 0 Å². The van der Waals surface area contributed by atoms with Crippen LogP contribution in [0, 0.1) is 5.92 Å². The summed E-state index contributed by atoms with van der Waals surface area (Å²) in [4.78, 5) is 14.3. The van der Waals surface area contributed by atoms with Crippen LogP contribution in [-0.4, -0.2) is 60.4 Å². The maximum atomic E-state index is 12.4. The SMILES string of the molecule is CC1CCC(CO)(NC(C)C(=O)N2CCOCC2)CC1. The Hall–Kier alpha value is -0.650. The first-order chi connectivity index (χ1) is 9.56. The summed E-state index contributed by atoms with van der Waals surface area (Å²) in [6, 6.07) is -0.242. The number of nitrogens with one attached hydrogen (secondary N) is 1. The van der Waals surface area contributed by atoms with E-state index in [0.29, 0.717) is 26.3 Å². The average Bonchev–Trinajstić information content (AvgIpc) is 2.50. The number of hydrogen-bond donors (Lipinski definition) is 2. The second-order valence-electron chi connectivity index (χ2n) is 6.42. The molecule has 116 valence electrons. The van der Waals surface area contributed by atoms with Gasteiger partial charge in [0.25, 0.3) is 0 Å². The van der Waals surface area contributed by atoms with Crippen molar-refractivity contribution in [3.8, 4) is 0 Å². The minimum atomic E-state index is -0.270. The lowest BCUT2D eigenvalue weighted by Crippen LogP contribution is -2.59. The Bertz CT molecular complexity index is 321. The normalized spacial score (nSPS) is 33.0. The van der Waals surface area contributed by atoms with Crippen molar-refractivity contribution in [1.29, 1.82) is 0 Å². The van der Waals surface area contributed by atoms with E-state index in [0.717, 1.165) is 31.6 Å². The van der Waals surface area contributed by atoms with E-state index in [2.05, 4.69) is 12.2 Å². The highest BCUT2D eigenvalue weighted by molar-refractivity contribution is 5.81. The monoisotopic (exact) mass is 284 g/mol. The maximum absolute atomic E-state index is 12.4. The summed E-state index contributed by atoms with van der Waals surface area (Å²) in [5.41, 5.74) is -0.270. The first-order valence-electron chi connectivity index (χ1n) is 7.81. The Balaban J connectivity index is 1.91. The molecule has 1 amide bonds. The van der Waals surface area contributed by atoms with Gasteiger partial charge in [-0.15, -0.1) is 0 Å². The standard InChI is InChI=1S/C15H28N2O3/c1-12-3-5-15(11-18,6-4-12)16-13(2)14(19)17-7-9-20-10-8-17/h12-13,16,18H,3-11H2,1-2H3. The fourth-order valence-electron chi connectivity index (χ4n) is 3.24. The molecule has 1 unspecified atom stereocenters. The van der Waals surface area contributed by atoms with Gasteiger partial charge in [-0.05, 0) is 38.5 Å². The molecule has 20 heavy (non-hydrogen) atoms. The van der Waals surface area contributed by atoms with Gasteiger partial charge in [-0.2, -0.15) is 0 Å². The molecule has 0 aromatic rings. The predicted octanol–water partition coefficient (Wildman–Crippen LogP) is 0.764. The van der Waals surface area contributed by atoms with Gasteiger partial charge in [-0.1, -0.05) is 6.92 Å². The summed E-state index contributed by atoms with van der Waals surface area (Å²) in [6.07, 6.45) is 4.13. The molecule has 2 rings (SSSR count). The van der Waals surface area contributed by atoms with Crippen LogP contribution in [0.2, 0.25) is 0 Å². The molecule has 2 aliphatic rings. The number of morpholine rings is 1. The molecule has 2 N–H and O–H groups in total. The van der Waals surface area contributed by atoms with E-state index >= 15 is 0 Å². The van der Waals surface area contributed by atoms with E-state index < -0.39 is 0 Å². The van der Waals surface area contributed by atoms with Crippen LogP contribution < -0.4 is 5.32 Å². The molecule has 1 saturated heterocycles. The number of carbonyl (C=O) groups excluding carboxylic acids is 1. The first kappa shape index (κ1) is 15.7. The first-order valence-corrected chi connectivity index (χ1v) is 7.81. The van der Waals surface area contributed by atoms with Gasteiger partial charge in [0.15, 0.2) is 0 Å². The van der Waals surface area contributed by atoms with E-state index in [-0.39, 0.29) is 24.1 Å². The highest BCUT2D eigenvalue weighted by atomic mass is 16.5. The van der Waals surface area contributed by atoms with Gasteiger partial charge in [0, 0.05) is 18.6 Å². The molecule has 0 spiro atoms. The summed E-state index contributed by atoms with van der Waals surface area (Å²) in [5, 5.41) is 13.2. The van der Waals surface area contributed by atoms with Gasteiger partial charge in [-0.25, -0.2) is 0 Å². The topological polar surface area (TPSA) is 61.8 Å². The van der Waals surface area contributed by atoms with E-state index in [1.807, 2.05) is 11.8 Å². The van der Waals surface area contributed by atoms with Gasteiger partial charge in [0.05, 0.1) is 25.9 Å². The van der Waals surface area contributed by atoms with Gasteiger partial charge in [0.2, 0.25) is 5.91 Å². The van der Waals surface area contributed by atoms with Gasteiger partial charge in [-0.3, -0.25) is 10.1 Å². The zero-order chi connectivity index (χ0) is 14.6. The van der Waals surface area contributed by atoms with Crippen LogP contribution in [0.1, 0.15) is 39.5 Å². The van der Waals surface area contributed by atoms with Crippen LogP contribution >= 0.6 is 0 Å². The number of aliphatic hydroxyl groups excluding tert-OH is 1. The second kappa shape index (κ2) is 6.87. The fraction of sp³-hybridized carbons (Fsp3) is 0.933. The lowest BCUT2D eigenvalue weighted by Gasteiger charge is -2.41. The molecule has 1 atom stereocenters. The minimum Gasteiger partial charge on any atom is -0.394 e. The average molecular weight is 284 g/mol. The summed E-state index contributed by atoms with van der Waals surface area (Å²) in [5.74, 6) is 0.849. The molecule has 1 aliphatic heterocycles. The third-order valence-corrected chi connectivity index (χ3v) is 4.75. The van der Waals surface area contributed by atoms with Crippen molar-refractivity contribution >= 4 is 5.91 Å². The second-order valence-corrected chi connectivity index (χ2v) is 6.42. The molecule has 5 heteroatoms. The van der Waals surface area contributed by atoms with E-state index in [1.54, 1.807) is 0 Å². The van der Waals surface area contributed by atoms with Crippen molar-refractivity contribution in [2.45, 2.75) is 51.1 Å². The van der Waals surface area contributed by atoms with E-state index in [1.165, 1.54) is 0 Å². The number of carbonyl (C=O) groups is 1. The Morgan fingerprint density at radius 1 is 1.40 bits per heavy atom. The Morgan fingerprint density at radius 3 is 2.55 bits per heavy atom. The lowest BCUT2D eigenvalue weighted by atomic mass is 9.77. The van der Waals surface area contributed by atoms with Crippen LogP contribution in [0.15, 0.2) is 0 Å². The number of hydrogen-bond acceptors (Lipinski definition) is 4. The van der Waals surface area contributed by atoms with Crippen molar-refractivity contribution < 1.29 is 14.6 Å². The number of aliphatic hydroxyl groups is 1. The summed E-state index contributed by atoms with van der Waals surface area (Å²) >= 11 is 0. The lowest BCUT2D eigenvalue weighted by molar-refractivity contribution is -0.138. The molecule has 5 nitrogen and oxygen atoms in total. The molecule has 1 saturated carbocycles. The Labute approximate surface area is 121 Å². The molecule has 1 aliphatic carbocycles. The molecule has 0 aromatic heterocycles. The van der Waals surface area contributed by atoms with Gasteiger partial charge < -0.3 is 14.7 Å². The smallest absolute Gasteiger partial charge is 0.239 e. The zero-order valence-corrected chi connectivity index (χ0v) is 12.7. The molecule has 0 aromatic carbocycles. The fourth-order valence-corrected chi connectivity index (χ4v) is 3.24. The number of ether oxygens (including phenoxy) is 1. The van der Waals surface area contributed by atoms with Crippen LogP contribution in [0.3, 0.4) is 0 Å². The molecule has 1 heterocycles. The highest BCUT2D eigenvalue weighted by Gasteiger charge is 2.36. The summed E-state index contributed by atoms with van der Waals surface area (Å²) in [6.45, 7) is 6.88. The van der Waals surface area contributed by atoms with Gasteiger partial charge in [0.1, 0.15) is 0 Å². The van der Waals surface area contributed by atoms with Crippen molar-refractivity contribution in [2.75, 3.05) is 32.9 Å². The molecular weight excluding hydrogens is 256 g/mol. The molecule has 0 radical (unpaired) electrons.